The highest BCUT2D eigenvalue weighted by Gasteiger charge is 2.20. The van der Waals surface area contributed by atoms with E-state index >= 15 is 0 Å². The van der Waals surface area contributed by atoms with Crippen molar-refractivity contribution in [2.75, 3.05) is 0 Å². The lowest BCUT2D eigenvalue weighted by Crippen LogP contribution is -2.37. The van der Waals surface area contributed by atoms with Gasteiger partial charge in [0.1, 0.15) is 18.4 Å². The van der Waals surface area contributed by atoms with Crippen LogP contribution in [0.3, 0.4) is 0 Å². The molecule has 0 aliphatic rings. The standard InChI is InChI=1S/C11H15N3O2/c1-3-10-13(6-4-5-12)7-9(2)14(10)8-11(15)16/h7H,3-4,6,8H2,1-2H3/p+1. The molecule has 5 heteroatoms. The van der Waals surface area contributed by atoms with Gasteiger partial charge in [-0.15, -0.1) is 0 Å². The molecule has 0 amide bonds. The molecule has 1 aromatic rings. The van der Waals surface area contributed by atoms with Gasteiger partial charge in [0, 0.05) is 13.3 Å². The van der Waals surface area contributed by atoms with E-state index in [1.54, 1.807) is 4.57 Å². The summed E-state index contributed by atoms with van der Waals surface area (Å²) in [5, 5.41) is 17.4. The lowest BCUT2D eigenvalue weighted by atomic mass is 10.4. The maximum atomic E-state index is 10.7. The van der Waals surface area contributed by atoms with E-state index in [1.165, 1.54) is 0 Å². The molecule has 0 unspecified atom stereocenters. The van der Waals surface area contributed by atoms with Crippen molar-refractivity contribution >= 4 is 5.97 Å². The third-order valence-electron chi connectivity index (χ3n) is 2.49. The number of aliphatic carboxylic acids is 1. The van der Waals surface area contributed by atoms with E-state index in [9.17, 15) is 4.79 Å². The first-order valence-electron chi connectivity index (χ1n) is 5.27. The van der Waals surface area contributed by atoms with Crippen LogP contribution in [0.4, 0.5) is 0 Å². The minimum Gasteiger partial charge on any atom is -0.478 e. The monoisotopic (exact) mass is 222 g/mol. The zero-order valence-electron chi connectivity index (χ0n) is 9.60. The topological polar surface area (TPSA) is 69.9 Å². The van der Waals surface area contributed by atoms with Gasteiger partial charge in [0.25, 0.3) is 5.82 Å². The number of hydrogen-bond acceptors (Lipinski definition) is 2. The lowest BCUT2D eigenvalue weighted by Gasteiger charge is -2.00. The van der Waals surface area contributed by atoms with Crippen molar-refractivity contribution in [3.8, 4) is 6.07 Å². The third-order valence-corrected chi connectivity index (χ3v) is 2.49. The second-order valence-electron chi connectivity index (χ2n) is 3.62. The summed E-state index contributed by atoms with van der Waals surface area (Å²) in [6, 6.07) is 2.09. The Hall–Kier alpha value is -1.83. The van der Waals surface area contributed by atoms with E-state index in [0.717, 1.165) is 17.9 Å². The van der Waals surface area contributed by atoms with Crippen LogP contribution in [-0.2, 0) is 24.3 Å². The SMILES string of the molecule is CCc1n(CC(=O)O)c(C)c[n+]1CCC#N. The van der Waals surface area contributed by atoms with E-state index in [2.05, 4.69) is 6.07 Å². The van der Waals surface area contributed by atoms with Crippen LogP contribution in [0.5, 0.6) is 0 Å². The van der Waals surface area contributed by atoms with Crippen molar-refractivity contribution in [3.63, 3.8) is 0 Å². The van der Waals surface area contributed by atoms with Crippen LogP contribution in [-0.4, -0.2) is 15.6 Å². The van der Waals surface area contributed by atoms with Gasteiger partial charge in [-0.25, -0.2) is 13.9 Å². The smallest absolute Gasteiger partial charge is 0.346 e. The van der Waals surface area contributed by atoms with Crippen molar-refractivity contribution in [1.82, 2.24) is 4.57 Å². The molecule has 0 aromatic carbocycles. The van der Waals surface area contributed by atoms with Gasteiger partial charge in [-0.1, -0.05) is 6.92 Å². The van der Waals surface area contributed by atoms with Crippen molar-refractivity contribution in [2.24, 2.45) is 0 Å². The van der Waals surface area contributed by atoms with Gasteiger partial charge in [-0.2, -0.15) is 5.26 Å². The zero-order valence-corrected chi connectivity index (χ0v) is 9.60. The Morgan fingerprint density at radius 1 is 1.69 bits per heavy atom. The number of carbonyl (C=O) groups is 1. The molecule has 0 bridgehead atoms. The number of carboxylic acid groups (broad SMARTS) is 1. The van der Waals surface area contributed by atoms with Crippen LogP contribution in [0.15, 0.2) is 6.20 Å². The highest BCUT2D eigenvalue weighted by Crippen LogP contribution is 2.04. The summed E-state index contributed by atoms with van der Waals surface area (Å²) in [6.07, 6.45) is 3.10. The highest BCUT2D eigenvalue weighted by atomic mass is 16.4. The summed E-state index contributed by atoms with van der Waals surface area (Å²) in [6.45, 7) is 4.46. The number of rotatable bonds is 5. The molecule has 0 fully saturated rings. The summed E-state index contributed by atoms with van der Waals surface area (Å²) < 4.78 is 3.74. The van der Waals surface area contributed by atoms with Crippen molar-refractivity contribution in [2.45, 2.75) is 39.8 Å². The van der Waals surface area contributed by atoms with Crippen LogP contribution in [0.1, 0.15) is 24.9 Å². The minimum absolute atomic E-state index is 0.0193. The molecule has 16 heavy (non-hydrogen) atoms. The number of aromatic nitrogens is 2. The second-order valence-corrected chi connectivity index (χ2v) is 3.62. The Labute approximate surface area is 94.5 Å². The highest BCUT2D eigenvalue weighted by molar-refractivity contribution is 5.66. The van der Waals surface area contributed by atoms with Gasteiger partial charge >= 0.3 is 5.97 Å². The average Bonchev–Trinajstić information content (AvgIpc) is 2.51. The third kappa shape index (κ3) is 2.60. The number of imidazole rings is 1. The van der Waals surface area contributed by atoms with E-state index in [4.69, 9.17) is 10.4 Å². The predicted molar refractivity (Wildman–Crippen MR) is 56.6 cm³/mol. The first kappa shape index (κ1) is 12.2. The number of carboxylic acids is 1. The molecule has 5 nitrogen and oxygen atoms in total. The van der Waals surface area contributed by atoms with Crippen LogP contribution in [0.2, 0.25) is 0 Å². The fourth-order valence-corrected chi connectivity index (χ4v) is 1.84. The molecule has 1 aromatic heterocycles. The normalized spacial score (nSPS) is 10.1. The van der Waals surface area contributed by atoms with Crippen molar-refractivity contribution < 1.29 is 14.5 Å². The molecular weight excluding hydrogens is 206 g/mol. The zero-order chi connectivity index (χ0) is 12.1. The summed E-state index contributed by atoms with van der Waals surface area (Å²) in [4.78, 5) is 10.7. The van der Waals surface area contributed by atoms with Gasteiger partial charge in [0.05, 0.1) is 12.5 Å². The Kier molecular flexibility index (Phi) is 4.06. The van der Waals surface area contributed by atoms with Crippen LogP contribution >= 0.6 is 0 Å². The molecule has 0 atom stereocenters. The van der Waals surface area contributed by atoms with Gasteiger partial charge in [0.2, 0.25) is 0 Å². The van der Waals surface area contributed by atoms with Crippen LogP contribution < -0.4 is 4.57 Å². The van der Waals surface area contributed by atoms with Gasteiger partial charge in [-0.3, -0.25) is 0 Å². The van der Waals surface area contributed by atoms with E-state index in [0.29, 0.717) is 13.0 Å². The Morgan fingerprint density at radius 3 is 2.88 bits per heavy atom. The van der Waals surface area contributed by atoms with E-state index in [1.807, 2.05) is 24.6 Å². The number of nitrogens with zero attached hydrogens (tertiary/aromatic N) is 3. The molecule has 0 radical (unpaired) electrons. The molecule has 0 saturated heterocycles. The van der Waals surface area contributed by atoms with Gasteiger partial charge in [0.15, 0.2) is 6.54 Å². The van der Waals surface area contributed by atoms with Gasteiger partial charge < -0.3 is 5.11 Å². The van der Waals surface area contributed by atoms with Crippen LogP contribution in [0, 0.1) is 18.3 Å². The minimum atomic E-state index is -0.846. The Morgan fingerprint density at radius 2 is 2.38 bits per heavy atom. The number of nitriles is 1. The molecule has 0 aliphatic carbocycles. The van der Waals surface area contributed by atoms with Gasteiger partial charge in [-0.05, 0) is 0 Å². The van der Waals surface area contributed by atoms with E-state index < -0.39 is 5.97 Å². The second kappa shape index (κ2) is 5.31. The predicted octanol–water partition coefficient (Wildman–Crippen LogP) is 0.645. The molecule has 86 valence electrons. The fraction of sp³-hybridized carbons (Fsp3) is 0.545. The summed E-state index contributed by atoms with van der Waals surface area (Å²) in [5.41, 5.74) is 0.914. The molecule has 1 N–H and O–H groups in total. The fourth-order valence-electron chi connectivity index (χ4n) is 1.84. The molecule has 0 aliphatic heterocycles. The maximum Gasteiger partial charge on any atom is 0.346 e. The first-order valence-corrected chi connectivity index (χ1v) is 5.27. The molecular formula is C11H16N3O2+. The summed E-state index contributed by atoms with van der Waals surface area (Å²) >= 11 is 0. The molecule has 0 spiro atoms. The quantitative estimate of drug-likeness (QED) is 0.743. The Balaban J connectivity index is 3.03. The average molecular weight is 222 g/mol. The lowest BCUT2D eigenvalue weighted by molar-refractivity contribution is -0.702. The summed E-state index contributed by atoms with van der Waals surface area (Å²) in [5.74, 6) is 0.107. The summed E-state index contributed by atoms with van der Waals surface area (Å²) in [7, 11) is 0. The number of hydrogen-bond donors (Lipinski definition) is 1. The molecule has 1 heterocycles. The Bertz CT molecular complexity index is 429. The molecule has 0 saturated carbocycles. The van der Waals surface area contributed by atoms with Crippen molar-refractivity contribution in [1.29, 1.82) is 5.26 Å². The largest absolute Gasteiger partial charge is 0.478 e. The number of aryl methyl sites for hydroxylation is 2. The maximum absolute atomic E-state index is 10.7. The molecule has 1 rings (SSSR count). The van der Waals surface area contributed by atoms with Crippen LogP contribution in [0.25, 0.3) is 0 Å². The first-order chi connectivity index (χ1) is 7.60. The van der Waals surface area contributed by atoms with Crippen molar-refractivity contribution in [3.05, 3.63) is 17.7 Å². The van der Waals surface area contributed by atoms with E-state index in [-0.39, 0.29) is 6.54 Å².